The van der Waals surface area contributed by atoms with Gasteiger partial charge in [-0.05, 0) is 43.5 Å². The Bertz CT molecular complexity index is 450. The summed E-state index contributed by atoms with van der Waals surface area (Å²) in [6.45, 7) is 1.22. The zero-order chi connectivity index (χ0) is 14.6. The van der Waals surface area contributed by atoms with Crippen LogP contribution < -0.4 is 5.32 Å². The molecule has 0 bridgehead atoms. The highest BCUT2D eigenvalue weighted by atomic mass is 19.4. The molecular formula is C14H16F3NO2. The van der Waals surface area contributed by atoms with Gasteiger partial charge in [0.25, 0.3) is 5.91 Å². The standard InChI is InChI=1S/C14H16F3NO2/c15-14(16,17)11-5-3-10(4-6-11)13(19)18-8-7-12-2-1-9-20-12/h3-6,12H,1-2,7-9H2,(H,18,19). The molecule has 0 saturated carbocycles. The van der Waals surface area contributed by atoms with Crippen molar-refractivity contribution in [1.82, 2.24) is 5.32 Å². The van der Waals surface area contributed by atoms with E-state index in [1.54, 1.807) is 0 Å². The van der Waals surface area contributed by atoms with E-state index in [4.69, 9.17) is 4.74 Å². The first kappa shape index (κ1) is 14.8. The van der Waals surface area contributed by atoms with Crippen molar-refractivity contribution in [3.05, 3.63) is 35.4 Å². The number of hydrogen-bond acceptors (Lipinski definition) is 2. The summed E-state index contributed by atoms with van der Waals surface area (Å²) in [7, 11) is 0. The van der Waals surface area contributed by atoms with Crippen molar-refractivity contribution in [3.8, 4) is 0 Å². The Labute approximate surface area is 115 Å². The van der Waals surface area contributed by atoms with E-state index < -0.39 is 11.7 Å². The molecule has 1 saturated heterocycles. The van der Waals surface area contributed by atoms with Gasteiger partial charge in [0, 0.05) is 18.7 Å². The molecule has 1 aliphatic rings. The summed E-state index contributed by atoms with van der Waals surface area (Å²) in [5.41, 5.74) is -0.529. The molecule has 20 heavy (non-hydrogen) atoms. The maximum absolute atomic E-state index is 12.4. The van der Waals surface area contributed by atoms with Crippen molar-refractivity contribution < 1.29 is 22.7 Å². The lowest BCUT2D eigenvalue weighted by molar-refractivity contribution is -0.137. The highest BCUT2D eigenvalue weighted by Gasteiger charge is 2.30. The number of alkyl halides is 3. The van der Waals surface area contributed by atoms with E-state index in [1.165, 1.54) is 12.1 Å². The van der Waals surface area contributed by atoms with Gasteiger partial charge in [-0.15, -0.1) is 0 Å². The monoisotopic (exact) mass is 287 g/mol. The molecule has 2 rings (SSSR count). The van der Waals surface area contributed by atoms with Crippen LogP contribution in [0.4, 0.5) is 13.2 Å². The number of nitrogens with one attached hydrogen (secondary N) is 1. The molecule has 3 nitrogen and oxygen atoms in total. The molecule has 0 aromatic heterocycles. The Hall–Kier alpha value is -1.56. The van der Waals surface area contributed by atoms with Crippen molar-refractivity contribution in [2.45, 2.75) is 31.5 Å². The molecule has 1 N–H and O–H groups in total. The summed E-state index contributed by atoms with van der Waals surface area (Å²) >= 11 is 0. The van der Waals surface area contributed by atoms with Crippen LogP contribution in [-0.4, -0.2) is 25.2 Å². The van der Waals surface area contributed by atoms with Crippen LogP contribution in [0, 0.1) is 0 Å². The number of carbonyl (C=O) groups excluding carboxylic acids is 1. The maximum atomic E-state index is 12.4. The highest BCUT2D eigenvalue weighted by Crippen LogP contribution is 2.29. The summed E-state index contributed by atoms with van der Waals surface area (Å²) in [5.74, 6) is -0.364. The van der Waals surface area contributed by atoms with Gasteiger partial charge in [-0.3, -0.25) is 4.79 Å². The normalized spacial score (nSPS) is 19.1. The smallest absolute Gasteiger partial charge is 0.378 e. The summed E-state index contributed by atoms with van der Waals surface area (Å²) in [4.78, 5) is 11.7. The lowest BCUT2D eigenvalue weighted by atomic mass is 10.1. The molecule has 1 heterocycles. The molecule has 1 fully saturated rings. The van der Waals surface area contributed by atoms with Crippen LogP contribution in [0.15, 0.2) is 24.3 Å². The Kier molecular flexibility index (Phi) is 4.65. The fourth-order valence-electron chi connectivity index (χ4n) is 2.13. The minimum atomic E-state index is -4.38. The van der Waals surface area contributed by atoms with Gasteiger partial charge in [0.2, 0.25) is 0 Å². The Balaban J connectivity index is 1.82. The van der Waals surface area contributed by atoms with Crippen molar-refractivity contribution in [1.29, 1.82) is 0 Å². The Morgan fingerprint density at radius 2 is 2.00 bits per heavy atom. The number of rotatable bonds is 4. The first-order chi connectivity index (χ1) is 9.47. The van der Waals surface area contributed by atoms with Gasteiger partial charge in [-0.2, -0.15) is 13.2 Å². The van der Waals surface area contributed by atoms with Gasteiger partial charge in [0.1, 0.15) is 0 Å². The fraction of sp³-hybridized carbons (Fsp3) is 0.500. The van der Waals surface area contributed by atoms with Crippen LogP contribution in [0.25, 0.3) is 0 Å². The van der Waals surface area contributed by atoms with Gasteiger partial charge in [0.05, 0.1) is 11.7 Å². The van der Waals surface area contributed by atoms with Crippen LogP contribution in [0.2, 0.25) is 0 Å². The van der Waals surface area contributed by atoms with E-state index in [9.17, 15) is 18.0 Å². The van der Waals surface area contributed by atoms with Crippen LogP contribution in [0.1, 0.15) is 35.2 Å². The second kappa shape index (κ2) is 6.26. The fourth-order valence-corrected chi connectivity index (χ4v) is 2.13. The minimum Gasteiger partial charge on any atom is -0.378 e. The average Bonchev–Trinajstić information content (AvgIpc) is 2.91. The van der Waals surface area contributed by atoms with Gasteiger partial charge >= 0.3 is 6.18 Å². The molecule has 110 valence electrons. The third-order valence-electron chi connectivity index (χ3n) is 3.25. The second-order valence-electron chi connectivity index (χ2n) is 4.75. The number of halogens is 3. The lowest BCUT2D eigenvalue weighted by Gasteiger charge is -2.11. The van der Waals surface area contributed by atoms with E-state index in [-0.39, 0.29) is 17.6 Å². The largest absolute Gasteiger partial charge is 0.416 e. The van der Waals surface area contributed by atoms with Gasteiger partial charge < -0.3 is 10.1 Å². The van der Waals surface area contributed by atoms with E-state index in [0.717, 1.165) is 38.0 Å². The number of carbonyl (C=O) groups is 1. The van der Waals surface area contributed by atoms with Crippen molar-refractivity contribution in [3.63, 3.8) is 0 Å². The first-order valence-corrected chi connectivity index (χ1v) is 6.54. The second-order valence-corrected chi connectivity index (χ2v) is 4.75. The summed E-state index contributed by atoms with van der Waals surface area (Å²) in [6, 6.07) is 4.19. The van der Waals surface area contributed by atoms with Gasteiger partial charge in [-0.25, -0.2) is 0 Å². The molecule has 0 spiro atoms. The Morgan fingerprint density at radius 1 is 1.30 bits per heavy atom. The third kappa shape index (κ3) is 3.96. The number of amides is 1. The van der Waals surface area contributed by atoms with Gasteiger partial charge in [-0.1, -0.05) is 0 Å². The van der Waals surface area contributed by atoms with E-state index in [1.807, 2.05) is 0 Å². The van der Waals surface area contributed by atoms with Crippen LogP contribution in [0.3, 0.4) is 0 Å². The molecule has 1 amide bonds. The molecule has 0 aliphatic carbocycles. The molecular weight excluding hydrogens is 271 g/mol. The van der Waals surface area contributed by atoms with E-state index >= 15 is 0 Å². The molecule has 1 atom stereocenters. The van der Waals surface area contributed by atoms with Crippen LogP contribution in [-0.2, 0) is 10.9 Å². The maximum Gasteiger partial charge on any atom is 0.416 e. The number of ether oxygens (including phenoxy) is 1. The average molecular weight is 287 g/mol. The molecule has 6 heteroatoms. The highest BCUT2D eigenvalue weighted by molar-refractivity contribution is 5.94. The summed E-state index contributed by atoms with van der Waals surface area (Å²) < 4.78 is 42.6. The van der Waals surface area contributed by atoms with Crippen LogP contribution in [0.5, 0.6) is 0 Å². The molecule has 1 aliphatic heterocycles. The predicted octanol–water partition coefficient (Wildman–Crippen LogP) is 3.00. The zero-order valence-corrected chi connectivity index (χ0v) is 10.9. The molecule has 1 aromatic rings. The van der Waals surface area contributed by atoms with E-state index in [0.29, 0.717) is 6.54 Å². The van der Waals surface area contributed by atoms with Crippen molar-refractivity contribution in [2.75, 3.05) is 13.2 Å². The zero-order valence-electron chi connectivity index (χ0n) is 10.9. The lowest BCUT2D eigenvalue weighted by Crippen LogP contribution is -2.27. The van der Waals surface area contributed by atoms with Crippen molar-refractivity contribution >= 4 is 5.91 Å². The quantitative estimate of drug-likeness (QED) is 0.924. The predicted molar refractivity (Wildman–Crippen MR) is 67.4 cm³/mol. The first-order valence-electron chi connectivity index (χ1n) is 6.54. The Morgan fingerprint density at radius 3 is 2.55 bits per heavy atom. The minimum absolute atomic E-state index is 0.183. The summed E-state index contributed by atoms with van der Waals surface area (Å²) in [5, 5.41) is 2.68. The van der Waals surface area contributed by atoms with Gasteiger partial charge in [0.15, 0.2) is 0 Å². The SMILES string of the molecule is O=C(NCCC1CCCO1)c1ccc(C(F)(F)F)cc1. The van der Waals surface area contributed by atoms with Crippen LogP contribution >= 0.6 is 0 Å². The number of benzene rings is 1. The molecule has 0 radical (unpaired) electrons. The third-order valence-corrected chi connectivity index (χ3v) is 3.25. The number of hydrogen-bond donors (Lipinski definition) is 1. The molecule has 1 aromatic carbocycles. The molecule has 1 unspecified atom stereocenters. The van der Waals surface area contributed by atoms with E-state index in [2.05, 4.69) is 5.32 Å². The topological polar surface area (TPSA) is 38.3 Å². The van der Waals surface area contributed by atoms with Crippen molar-refractivity contribution in [2.24, 2.45) is 0 Å². The summed E-state index contributed by atoms with van der Waals surface area (Å²) in [6.07, 6.45) is -1.43.